The molecule has 6 heteroatoms. The predicted octanol–water partition coefficient (Wildman–Crippen LogP) is 5.56. The maximum Gasteiger partial charge on any atom is 0.166 e. The van der Waals surface area contributed by atoms with E-state index in [4.69, 9.17) is 0 Å². The van der Waals surface area contributed by atoms with Crippen molar-refractivity contribution in [1.82, 2.24) is 19.9 Å². The standard InChI is InChI=1S/C21H24FN5.C2H6/c1-3-4-5-15-10-16-6-7-17(22)11-19(16)25-20-8-9-27-21(26-20)18(13-24-27)14(2)23-12-15;1-2/h6-9,11,13,15,23H,2-5,10,12H2,1H3,(H,25,26);1-2H3. The van der Waals surface area contributed by atoms with Gasteiger partial charge in [0.2, 0.25) is 0 Å². The minimum Gasteiger partial charge on any atom is -0.385 e. The third-order valence-corrected chi connectivity index (χ3v) is 5.11. The highest BCUT2D eigenvalue weighted by Crippen LogP contribution is 2.27. The molecule has 2 aromatic heterocycles. The Hall–Kier alpha value is -2.89. The number of rotatable bonds is 3. The van der Waals surface area contributed by atoms with E-state index in [9.17, 15) is 4.39 Å². The lowest BCUT2D eigenvalue weighted by Gasteiger charge is -2.22. The van der Waals surface area contributed by atoms with Gasteiger partial charge in [-0.2, -0.15) is 5.10 Å². The van der Waals surface area contributed by atoms with Crippen molar-refractivity contribution in [3.63, 3.8) is 0 Å². The molecule has 1 atom stereocenters. The summed E-state index contributed by atoms with van der Waals surface area (Å²) in [5.74, 6) is 0.843. The molecule has 29 heavy (non-hydrogen) atoms. The Kier molecular flexibility index (Phi) is 6.86. The molecule has 1 aliphatic heterocycles. The summed E-state index contributed by atoms with van der Waals surface area (Å²) in [6.07, 6.45) is 7.93. The first-order valence-electron chi connectivity index (χ1n) is 10.5. The smallest absolute Gasteiger partial charge is 0.166 e. The maximum absolute atomic E-state index is 13.9. The van der Waals surface area contributed by atoms with E-state index in [1.807, 2.05) is 32.2 Å². The summed E-state index contributed by atoms with van der Waals surface area (Å²) in [6.45, 7) is 11.2. The Morgan fingerprint density at radius 2 is 2.10 bits per heavy atom. The van der Waals surface area contributed by atoms with Crippen LogP contribution >= 0.6 is 0 Å². The van der Waals surface area contributed by atoms with E-state index in [-0.39, 0.29) is 5.82 Å². The number of anilines is 2. The van der Waals surface area contributed by atoms with Crippen LogP contribution in [0.15, 0.2) is 43.2 Å². The summed E-state index contributed by atoms with van der Waals surface area (Å²) in [6, 6.07) is 6.80. The summed E-state index contributed by atoms with van der Waals surface area (Å²) in [7, 11) is 0. The molecule has 3 heterocycles. The maximum atomic E-state index is 13.9. The first-order chi connectivity index (χ1) is 14.1. The lowest BCUT2D eigenvalue weighted by Crippen LogP contribution is -2.23. The molecular formula is C23H30FN5. The molecule has 154 valence electrons. The van der Waals surface area contributed by atoms with Crippen molar-refractivity contribution in [1.29, 1.82) is 0 Å². The third-order valence-electron chi connectivity index (χ3n) is 5.11. The van der Waals surface area contributed by atoms with Gasteiger partial charge in [0, 0.05) is 24.1 Å². The Labute approximate surface area is 172 Å². The van der Waals surface area contributed by atoms with Crippen LogP contribution < -0.4 is 10.6 Å². The topological polar surface area (TPSA) is 54.2 Å². The van der Waals surface area contributed by atoms with Gasteiger partial charge in [-0.25, -0.2) is 13.9 Å². The van der Waals surface area contributed by atoms with Gasteiger partial charge < -0.3 is 10.6 Å². The molecule has 0 aliphatic carbocycles. The highest BCUT2D eigenvalue weighted by Gasteiger charge is 2.17. The van der Waals surface area contributed by atoms with Crippen molar-refractivity contribution < 1.29 is 4.39 Å². The average molecular weight is 396 g/mol. The number of nitrogens with one attached hydrogen (secondary N) is 2. The van der Waals surface area contributed by atoms with Crippen LogP contribution in [0.25, 0.3) is 11.3 Å². The first kappa shape index (κ1) is 20.8. The Morgan fingerprint density at radius 1 is 1.28 bits per heavy atom. The molecule has 2 bridgehead atoms. The van der Waals surface area contributed by atoms with E-state index in [2.05, 4.69) is 34.2 Å². The summed E-state index contributed by atoms with van der Waals surface area (Å²) in [5, 5.41) is 11.1. The second-order valence-corrected chi connectivity index (χ2v) is 7.14. The Bertz CT molecular complexity index is 979. The number of nitrogens with zero attached hydrogens (tertiary/aromatic N) is 3. The predicted molar refractivity (Wildman–Crippen MR) is 118 cm³/mol. The van der Waals surface area contributed by atoms with Gasteiger partial charge in [0.25, 0.3) is 0 Å². The Balaban J connectivity index is 0.00000117. The molecule has 5 nitrogen and oxygen atoms in total. The van der Waals surface area contributed by atoms with Gasteiger partial charge in [-0.15, -0.1) is 0 Å². The largest absolute Gasteiger partial charge is 0.385 e. The van der Waals surface area contributed by atoms with Crippen LogP contribution in [0.3, 0.4) is 0 Å². The van der Waals surface area contributed by atoms with E-state index in [1.54, 1.807) is 16.8 Å². The molecule has 0 saturated heterocycles. The van der Waals surface area contributed by atoms with Crippen molar-refractivity contribution in [2.75, 3.05) is 11.9 Å². The molecule has 0 radical (unpaired) electrons. The van der Waals surface area contributed by atoms with Crippen molar-refractivity contribution in [3.8, 4) is 0 Å². The van der Waals surface area contributed by atoms with E-state index < -0.39 is 0 Å². The molecule has 0 spiro atoms. The second kappa shape index (κ2) is 9.54. The molecule has 1 aromatic carbocycles. The monoisotopic (exact) mass is 395 g/mol. The van der Waals surface area contributed by atoms with Gasteiger partial charge in [0.15, 0.2) is 5.65 Å². The molecule has 2 N–H and O–H groups in total. The van der Waals surface area contributed by atoms with Crippen LogP contribution in [0.2, 0.25) is 0 Å². The number of hydrogen-bond donors (Lipinski definition) is 2. The van der Waals surface area contributed by atoms with Gasteiger partial charge in [-0.1, -0.05) is 46.3 Å². The molecular weight excluding hydrogens is 365 g/mol. The normalized spacial score (nSPS) is 16.0. The second-order valence-electron chi connectivity index (χ2n) is 7.14. The van der Waals surface area contributed by atoms with Crippen molar-refractivity contribution in [3.05, 3.63) is 60.2 Å². The lowest BCUT2D eigenvalue weighted by atomic mass is 9.92. The van der Waals surface area contributed by atoms with E-state index in [1.165, 1.54) is 12.5 Å². The van der Waals surface area contributed by atoms with Gasteiger partial charge in [0.1, 0.15) is 11.6 Å². The number of unbranched alkanes of at least 4 members (excludes halogenated alkanes) is 1. The quantitative estimate of drug-likeness (QED) is 0.609. The highest BCUT2D eigenvalue weighted by atomic mass is 19.1. The SMILES string of the molecule is C=C1NCC(CCCC)Cc2ccc(F)cc2Nc2ccn3ncc1c3n2.CC. The van der Waals surface area contributed by atoms with Gasteiger partial charge in [0.05, 0.1) is 11.8 Å². The van der Waals surface area contributed by atoms with Gasteiger partial charge in [-0.3, -0.25) is 0 Å². The molecule has 4 rings (SSSR count). The van der Waals surface area contributed by atoms with Crippen LogP contribution in [0.4, 0.5) is 15.9 Å². The minimum absolute atomic E-state index is 0.254. The summed E-state index contributed by atoms with van der Waals surface area (Å²) >= 11 is 0. The van der Waals surface area contributed by atoms with Crippen molar-refractivity contribution in [2.45, 2.75) is 46.5 Å². The fourth-order valence-corrected chi connectivity index (χ4v) is 3.58. The van der Waals surface area contributed by atoms with Crippen LogP contribution in [-0.4, -0.2) is 21.1 Å². The van der Waals surface area contributed by atoms with Crippen LogP contribution in [0.1, 0.15) is 51.2 Å². The highest BCUT2D eigenvalue weighted by molar-refractivity contribution is 5.74. The first-order valence-corrected chi connectivity index (χ1v) is 10.5. The van der Waals surface area contributed by atoms with E-state index >= 15 is 0 Å². The van der Waals surface area contributed by atoms with Crippen molar-refractivity contribution >= 4 is 22.8 Å². The molecule has 0 amide bonds. The number of hydrogen-bond acceptors (Lipinski definition) is 4. The summed E-state index contributed by atoms with van der Waals surface area (Å²) < 4.78 is 15.6. The number of fused-ring (bicyclic) bond motifs is 2. The van der Waals surface area contributed by atoms with Gasteiger partial charge in [-0.05, 0) is 42.5 Å². The number of benzene rings is 1. The van der Waals surface area contributed by atoms with Crippen LogP contribution in [0.5, 0.6) is 0 Å². The molecule has 0 saturated carbocycles. The molecule has 1 unspecified atom stereocenters. The zero-order chi connectivity index (χ0) is 20.8. The van der Waals surface area contributed by atoms with E-state index in [0.717, 1.165) is 54.0 Å². The van der Waals surface area contributed by atoms with Gasteiger partial charge >= 0.3 is 0 Å². The van der Waals surface area contributed by atoms with Crippen LogP contribution in [-0.2, 0) is 6.42 Å². The number of aromatic nitrogens is 3. The lowest BCUT2D eigenvalue weighted by molar-refractivity contribution is 0.454. The number of halogens is 1. The average Bonchev–Trinajstić information content (AvgIpc) is 3.15. The summed E-state index contributed by atoms with van der Waals surface area (Å²) in [5.41, 5.74) is 4.31. The zero-order valence-corrected chi connectivity index (χ0v) is 17.5. The Morgan fingerprint density at radius 3 is 2.90 bits per heavy atom. The molecule has 3 aromatic rings. The third kappa shape index (κ3) is 4.75. The zero-order valence-electron chi connectivity index (χ0n) is 17.5. The van der Waals surface area contributed by atoms with Crippen LogP contribution in [0, 0.1) is 11.7 Å². The molecule has 0 fully saturated rings. The summed E-state index contributed by atoms with van der Waals surface area (Å²) in [4.78, 5) is 4.66. The van der Waals surface area contributed by atoms with Crippen molar-refractivity contribution in [2.24, 2.45) is 5.92 Å². The fraction of sp³-hybridized carbons (Fsp3) is 0.391. The van der Waals surface area contributed by atoms with E-state index in [0.29, 0.717) is 11.7 Å². The minimum atomic E-state index is -0.254. The molecule has 1 aliphatic rings. The fourth-order valence-electron chi connectivity index (χ4n) is 3.58.